The van der Waals surface area contributed by atoms with E-state index in [0.717, 1.165) is 51.3 Å². The van der Waals surface area contributed by atoms with Gasteiger partial charge < -0.3 is 158 Å². The molecule has 0 spiro atoms. The number of carbonyl (C=O) groups is 23. The summed E-state index contributed by atoms with van der Waals surface area (Å²) in [6, 6.07) is -29.3. The molecule has 0 unspecified atom stereocenters. The van der Waals surface area contributed by atoms with E-state index in [4.69, 9.17) is 16.6 Å². The van der Waals surface area contributed by atoms with Crippen LogP contribution in [0.5, 0.6) is 0 Å². The van der Waals surface area contributed by atoms with Gasteiger partial charge in [-0.05, 0) is 122 Å². The molecule has 30 N–H and O–H groups in total. The largest absolute Gasteiger partial charge is 0.481 e. The minimum absolute atomic E-state index is 0.0322. The number of aliphatic hydroxyl groups excluding tert-OH is 6. The highest BCUT2D eigenvalue weighted by Gasteiger charge is 2.46. The number of carbonyl (C=O) groups excluding carboxylic acids is 20. The lowest BCUT2D eigenvalue weighted by atomic mass is 9.98. The minimum atomic E-state index is -1.95. The van der Waals surface area contributed by atoms with Crippen molar-refractivity contribution in [1.82, 2.24) is 100 Å². The van der Waals surface area contributed by atoms with E-state index in [-0.39, 0.29) is 50.9 Å². The number of nitrogens with two attached hydrogens (primary N) is 2. The van der Waals surface area contributed by atoms with Crippen molar-refractivity contribution in [1.29, 1.82) is 0 Å². The van der Waals surface area contributed by atoms with Gasteiger partial charge in [0.05, 0.1) is 63.2 Å². The molecule has 0 saturated carbocycles. The summed E-state index contributed by atoms with van der Waals surface area (Å²) in [5.74, 6) is -28.1. The number of amides is 20. The molecule has 53 nitrogen and oxygen atoms in total. The van der Waals surface area contributed by atoms with Gasteiger partial charge in [0.2, 0.25) is 118 Å². The average Bonchev–Trinajstić information content (AvgIpc) is 1.71. The first-order valence-corrected chi connectivity index (χ1v) is 45.1. The first-order valence-electron chi connectivity index (χ1n) is 43.7. The average molecular weight is 1950 g/mol. The van der Waals surface area contributed by atoms with Crippen LogP contribution < -0.4 is 102 Å². The number of carboxylic acids is 3. The second kappa shape index (κ2) is 57.6. The highest BCUT2D eigenvalue weighted by Crippen LogP contribution is 2.23. The van der Waals surface area contributed by atoms with Gasteiger partial charge in [-0.3, -0.25) is 105 Å². The quantitative estimate of drug-likeness (QED) is 0.0269. The molecule has 2 aliphatic heterocycles. The summed E-state index contributed by atoms with van der Waals surface area (Å²) in [5.41, 5.74) is 11.1. The van der Waals surface area contributed by atoms with Crippen LogP contribution in [-0.2, 0) is 110 Å². The van der Waals surface area contributed by atoms with Crippen LogP contribution in [0.3, 0.4) is 0 Å². The molecule has 20 amide bonds. The molecule has 2 heterocycles. The zero-order chi connectivity index (χ0) is 103. The normalized spacial score (nSPS) is 18.0. The number of aliphatic carboxylic acids is 3. The minimum Gasteiger partial charge on any atom is -0.481 e. The molecule has 0 aromatic heterocycles. The summed E-state index contributed by atoms with van der Waals surface area (Å²) in [4.78, 5) is 308. The van der Waals surface area contributed by atoms with Crippen LogP contribution in [-0.4, -0.2) is 376 Å². The summed E-state index contributed by atoms with van der Waals surface area (Å²) in [7, 11) is 0. The van der Waals surface area contributed by atoms with Crippen molar-refractivity contribution in [3.8, 4) is 0 Å². The third-order valence-electron chi connectivity index (χ3n) is 21.5. The smallest absolute Gasteiger partial charge is 0.328 e. The van der Waals surface area contributed by atoms with Gasteiger partial charge in [0.25, 0.3) is 0 Å². The molecule has 2 aliphatic rings. The van der Waals surface area contributed by atoms with Crippen LogP contribution in [0.4, 0.5) is 0 Å². The first kappa shape index (κ1) is 119. The lowest BCUT2D eigenvalue weighted by Gasteiger charge is -2.32. The Labute approximate surface area is 781 Å². The van der Waals surface area contributed by atoms with E-state index in [0.29, 0.717) is 0 Å². The summed E-state index contributed by atoms with van der Waals surface area (Å²) in [6.07, 6.45) is -8.26. The van der Waals surface area contributed by atoms with Crippen molar-refractivity contribution in [2.75, 3.05) is 51.4 Å². The van der Waals surface area contributed by atoms with Crippen LogP contribution in [0.1, 0.15) is 161 Å². The van der Waals surface area contributed by atoms with Crippen LogP contribution in [0.15, 0.2) is 0 Å². The van der Waals surface area contributed by atoms with E-state index in [1.165, 1.54) is 39.5 Å². The number of rotatable bonds is 58. The van der Waals surface area contributed by atoms with E-state index >= 15 is 0 Å². The number of thioether (sulfide) groups is 1. The molecule has 2 fully saturated rings. The molecular formula is C81H135N21O32S. The number of hydrogen-bond donors (Lipinski definition) is 28. The van der Waals surface area contributed by atoms with E-state index in [2.05, 4.69) is 90.4 Å². The highest BCUT2D eigenvalue weighted by molar-refractivity contribution is 7.98. The van der Waals surface area contributed by atoms with Gasteiger partial charge >= 0.3 is 17.9 Å². The van der Waals surface area contributed by atoms with E-state index in [1.807, 2.05) is 0 Å². The maximum Gasteiger partial charge on any atom is 0.328 e. The Bertz CT molecular complexity index is 4200. The molecule has 54 heteroatoms. The zero-order valence-electron chi connectivity index (χ0n) is 77.9. The van der Waals surface area contributed by atoms with Gasteiger partial charge in [0.15, 0.2) is 6.04 Å². The van der Waals surface area contributed by atoms with Gasteiger partial charge in [-0.2, -0.15) is 11.8 Å². The molecule has 0 aliphatic carbocycles. The van der Waals surface area contributed by atoms with Crippen LogP contribution in [0, 0.1) is 23.7 Å². The Morgan fingerprint density at radius 1 is 0.348 bits per heavy atom. The van der Waals surface area contributed by atoms with Crippen LogP contribution in [0.2, 0.25) is 0 Å². The number of nitrogens with zero attached hydrogens (tertiary/aromatic N) is 2. The lowest BCUT2D eigenvalue weighted by molar-refractivity contribution is -0.145. The number of aliphatic hydroxyl groups is 6. The Morgan fingerprint density at radius 2 is 0.696 bits per heavy atom. The number of likely N-dealkylation sites (tertiary alicyclic amines) is 2. The number of primary amides is 1. The molecule has 0 bridgehead atoms. The third-order valence-corrected chi connectivity index (χ3v) is 22.1. The Balaban J connectivity index is 2.19. The summed E-state index contributed by atoms with van der Waals surface area (Å²) >= 11 is 1.25. The summed E-state index contributed by atoms with van der Waals surface area (Å²) < 4.78 is 0. The molecular weight excluding hydrogens is 1810 g/mol. The second-order valence-electron chi connectivity index (χ2n) is 34.2. The fourth-order valence-corrected chi connectivity index (χ4v) is 14.1. The maximum absolute atomic E-state index is 14.4. The van der Waals surface area contributed by atoms with Crippen molar-refractivity contribution in [3.05, 3.63) is 0 Å². The van der Waals surface area contributed by atoms with Crippen LogP contribution in [0.25, 0.3) is 0 Å². The number of carboxylic acid groups (broad SMARTS) is 3. The van der Waals surface area contributed by atoms with E-state index in [1.54, 1.807) is 34.0 Å². The molecule has 22 atom stereocenters. The first-order chi connectivity index (χ1) is 62.9. The van der Waals surface area contributed by atoms with Crippen molar-refractivity contribution >= 4 is 148 Å². The summed E-state index contributed by atoms with van der Waals surface area (Å²) in [5, 5.41) is 130. The predicted molar refractivity (Wildman–Crippen MR) is 472 cm³/mol. The van der Waals surface area contributed by atoms with Gasteiger partial charge in [-0.15, -0.1) is 0 Å². The summed E-state index contributed by atoms with van der Waals surface area (Å²) in [6.45, 7) is 14.5. The predicted octanol–water partition coefficient (Wildman–Crippen LogP) is -12.6. The Kier molecular flexibility index (Phi) is 50.7. The fraction of sp³-hybridized carbons (Fsp3) is 0.716. The molecule has 0 radical (unpaired) electrons. The Morgan fingerprint density at radius 3 is 1.13 bits per heavy atom. The SMILES string of the molecule is CSCC[C@H](NC(=O)[C@@H](NC(=O)[C@@H](NC(=O)[C@@H](N)CC(=O)O)C(C)C)C(C)C)C(=O)N[C@H](C(=O)N[C@@H](CCC(N)=O)C(=O)N[C@H](C(=O)N1CCC[C@H]1C(=O)N[C@@H](C)C(=O)N[C@@H](CO)C(=O)N[C@@H](C)C(=O)N[C@@H](CO)C(=O)N[C@@H](CCC(=O)O)C(=O)N1CCC[C@H]1C(=O)N[C@H](C(=O)NCC(=O)NCC(=O)N[C@H](C(=O)N[C@H](C(=O)N[C@H](C(=O)O)[C@@H](C)O)C(C)C)[C@@H](C)O)C(C)C)[C@@H](C)O)[C@@H](C)O. The molecule has 762 valence electrons. The Hall–Kier alpha value is -12.1. The second-order valence-corrected chi connectivity index (χ2v) is 35.1. The van der Waals surface area contributed by atoms with Crippen molar-refractivity contribution in [2.45, 2.75) is 294 Å². The van der Waals surface area contributed by atoms with Crippen molar-refractivity contribution in [2.24, 2.45) is 35.1 Å². The molecule has 2 saturated heterocycles. The van der Waals surface area contributed by atoms with Crippen LogP contribution >= 0.6 is 11.8 Å². The molecule has 0 aromatic rings. The maximum atomic E-state index is 14.4. The standard InChI is InChI=1S/C81H135N21O32S/c1-33(2)56(73(125)85-29-52(110)84-30-53(111)93-60(39(11)105)78(130)97-59(36(7)8)76(128)100-63(42(14)108)81(133)134)95-72(124)50-19-16-25-101(50)79(131)46(21-23-54(112)113)90-70(122)48(32-104)92-64(116)37(9)86-69(121)47(31-103)91-65(117)38(10)87-71(123)49-18-17-26-102(49)80(132)62(41(13)107)99-67(119)44(20-22-51(83)109)88-77(129)61(40(12)106)98-68(120)45(24-27-135-15)89-74(126)57(34(3)4)96-75(127)58(35(5)6)94-66(118)43(82)28-55(114)115/h33-50,56-63,103-108H,16-32,82H2,1-15H3,(H2,83,109)(H,84,110)(H,85,125)(H,86,121)(H,87,123)(H,88,129)(H,89,126)(H,90,122)(H,91,117)(H,92,116)(H,93,111)(H,94,118)(H,95,124)(H,96,127)(H,97,130)(H,98,120)(H,99,119)(H,100,128)(H,112,113)(H,114,115)(H,133,134)/t37-,38-,39+,40+,41+,42+,43-,44-,45-,46-,47-,48-,49-,50-,56-,57-,58-,59-,60-,61-,62-,63-/m0/s1. The van der Waals surface area contributed by atoms with E-state index < -0.39 is 351 Å². The van der Waals surface area contributed by atoms with E-state index in [9.17, 15) is 151 Å². The lowest BCUT2D eigenvalue weighted by Crippen LogP contribution is -2.63. The molecule has 135 heavy (non-hydrogen) atoms. The highest BCUT2D eigenvalue weighted by atomic mass is 32.2. The van der Waals surface area contributed by atoms with Crippen molar-refractivity contribution in [3.63, 3.8) is 0 Å². The topological polar surface area (TPSA) is 838 Å². The number of hydrogen-bond acceptors (Lipinski definition) is 31. The number of nitrogens with one attached hydrogen (secondary N) is 17. The molecule has 0 aromatic carbocycles. The van der Waals surface area contributed by atoms with Crippen molar-refractivity contribution < 1.29 is 156 Å². The van der Waals surface area contributed by atoms with Gasteiger partial charge in [0.1, 0.15) is 96.7 Å². The van der Waals surface area contributed by atoms with Gasteiger partial charge in [-0.1, -0.05) is 55.4 Å². The monoisotopic (exact) mass is 1950 g/mol. The van der Waals surface area contributed by atoms with Gasteiger partial charge in [0, 0.05) is 25.9 Å². The fourth-order valence-electron chi connectivity index (χ4n) is 13.6. The van der Waals surface area contributed by atoms with Gasteiger partial charge in [-0.25, -0.2) is 4.79 Å². The zero-order valence-corrected chi connectivity index (χ0v) is 78.7. The molecule has 2 rings (SSSR count). The third kappa shape index (κ3) is 39.0.